The number of rotatable bonds is 5. The lowest BCUT2D eigenvalue weighted by Crippen LogP contribution is -2.17. The molecule has 0 atom stereocenters. The molecule has 0 N–H and O–H groups in total. The Balaban J connectivity index is 1.66. The van der Waals surface area contributed by atoms with Gasteiger partial charge in [-0.25, -0.2) is 9.78 Å². The molecule has 0 unspecified atom stereocenters. The van der Waals surface area contributed by atoms with Crippen molar-refractivity contribution in [3.05, 3.63) is 47.7 Å². The largest absolute Gasteiger partial charge is 0.486 e. The zero-order chi connectivity index (χ0) is 16.9. The van der Waals surface area contributed by atoms with Crippen LogP contribution in [0.4, 0.5) is 0 Å². The average molecular weight is 345 g/mol. The summed E-state index contributed by atoms with van der Waals surface area (Å²) in [6.07, 6.45) is 3.42. The van der Waals surface area contributed by atoms with Crippen LogP contribution in [0.3, 0.4) is 0 Å². The van der Waals surface area contributed by atoms with Gasteiger partial charge in [0.15, 0.2) is 23.9 Å². The Kier molecular flexibility index (Phi) is 5.00. The van der Waals surface area contributed by atoms with Crippen LogP contribution in [-0.4, -0.2) is 42.8 Å². The van der Waals surface area contributed by atoms with E-state index in [0.29, 0.717) is 40.9 Å². The molecule has 1 aliphatic rings. The fourth-order valence-electron chi connectivity index (χ4n) is 2.22. The maximum atomic E-state index is 12.2. The van der Waals surface area contributed by atoms with Crippen molar-refractivity contribution in [1.82, 2.24) is 4.98 Å². The molecule has 7 heteroatoms. The van der Waals surface area contributed by atoms with Crippen LogP contribution in [0.2, 0.25) is 0 Å². The van der Waals surface area contributed by atoms with Gasteiger partial charge in [-0.3, -0.25) is 4.79 Å². The van der Waals surface area contributed by atoms with Gasteiger partial charge in [0.1, 0.15) is 18.2 Å². The fourth-order valence-corrected chi connectivity index (χ4v) is 2.76. The molecular weight excluding hydrogens is 330 g/mol. The highest BCUT2D eigenvalue weighted by Gasteiger charge is 2.18. The quantitative estimate of drug-likeness (QED) is 0.468. The van der Waals surface area contributed by atoms with E-state index in [1.54, 1.807) is 36.5 Å². The molecule has 0 saturated heterocycles. The second kappa shape index (κ2) is 7.35. The maximum absolute atomic E-state index is 12.2. The lowest BCUT2D eigenvalue weighted by Gasteiger charge is -2.18. The number of esters is 1. The van der Waals surface area contributed by atoms with Crippen LogP contribution in [-0.2, 0) is 4.74 Å². The number of benzene rings is 1. The summed E-state index contributed by atoms with van der Waals surface area (Å²) in [4.78, 5) is 28.4. The summed E-state index contributed by atoms with van der Waals surface area (Å²) in [5.41, 5.74) is 0.753. The molecule has 124 valence electrons. The van der Waals surface area contributed by atoms with Gasteiger partial charge in [-0.1, -0.05) is 0 Å². The number of carbonyl (C=O) groups is 2. The zero-order valence-corrected chi connectivity index (χ0v) is 13.8. The second-order valence-corrected chi connectivity index (χ2v) is 5.71. The smallest absolute Gasteiger partial charge is 0.341 e. The molecule has 0 radical (unpaired) electrons. The third-order valence-electron chi connectivity index (χ3n) is 3.38. The molecule has 0 aliphatic carbocycles. The van der Waals surface area contributed by atoms with Gasteiger partial charge in [0, 0.05) is 11.8 Å². The van der Waals surface area contributed by atoms with Crippen LogP contribution in [0.25, 0.3) is 0 Å². The van der Waals surface area contributed by atoms with Crippen molar-refractivity contribution >= 4 is 23.5 Å². The molecule has 2 aromatic rings. The second-order valence-electron chi connectivity index (χ2n) is 4.92. The van der Waals surface area contributed by atoms with Gasteiger partial charge in [-0.05, 0) is 36.6 Å². The Morgan fingerprint density at radius 2 is 2.00 bits per heavy atom. The van der Waals surface area contributed by atoms with Crippen LogP contribution < -0.4 is 9.47 Å². The number of carbonyl (C=O) groups excluding carboxylic acids is 2. The topological polar surface area (TPSA) is 74.7 Å². The number of fused-ring (bicyclic) bond motifs is 1. The lowest BCUT2D eigenvalue weighted by atomic mass is 10.1. The van der Waals surface area contributed by atoms with Crippen LogP contribution in [0.5, 0.6) is 11.5 Å². The Morgan fingerprint density at radius 1 is 1.21 bits per heavy atom. The Labute approximate surface area is 143 Å². The van der Waals surface area contributed by atoms with Crippen molar-refractivity contribution < 1.29 is 23.8 Å². The average Bonchev–Trinajstić information content (AvgIpc) is 2.65. The number of pyridine rings is 1. The van der Waals surface area contributed by atoms with E-state index in [2.05, 4.69) is 4.98 Å². The summed E-state index contributed by atoms with van der Waals surface area (Å²) in [6.45, 7) is 0.583. The summed E-state index contributed by atoms with van der Waals surface area (Å²) in [6, 6.07) is 8.17. The van der Waals surface area contributed by atoms with Gasteiger partial charge in [0.2, 0.25) is 0 Å². The Hall–Kier alpha value is -2.54. The van der Waals surface area contributed by atoms with Crippen LogP contribution in [0.15, 0.2) is 41.6 Å². The minimum atomic E-state index is -0.571. The molecule has 0 spiro atoms. The van der Waals surface area contributed by atoms with Crippen LogP contribution in [0, 0.1) is 0 Å². The summed E-state index contributed by atoms with van der Waals surface area (Å²) >= 11 is 1.34. The molecule has 3 rings (SSSR count). The number of thioether (sulfide) groups is 1. The van der Waals surface area contributed by atoms with E-state index >= 15 is 0 Å². The monoisotopic (exact) mass is 345 g/mol. The van der Waals surface area contributed by atoms with E-state index in [0.717, 1.165) is 0 Å². The molecule has 1 aliphatic heterocycles. The predicted molar refractivity (Wildman–Crippen MR) is 88.1 cm³/mol. The van der Waals surface area contributed by atoms with Crippen molar-refractivity contribution in [3.8, 4) is 11.5 Å². The first-order chi connectivity index (χ1) is 11.7. The van der Waals surface area contributed by atoms with E-state index < -0.39 is 5.97 Å². The normalized spacial score (nSPS) is 12.5. The van der Waals surface area contributed by atoms with Crippen LogP contribution >= 0.6 is 11.8 Å². The first-order valence-corrected chi connectivity index (χ1v) is 8.50. The van der Waals surface area contributed by atoms with Crippen molar-refractivity contribution in [1.29, 1.82) is 0 Å². The summed E-state index contributed by atoms with van der Waals surface area (Å²) in [5, 5.41) is 0.564. The first-order valence-electron chi connectivity index (χ1n) is 7.28. The van der Waals surface area contributed by atoms with E-state index in [-0.39, 0.29) is 12.4 Å². The molecule has 0 amide bonds. The minimum absolute atomic E-state index is 0.310. The van der Waals surface area contributed by atoms with E-state index in [9.17, 15) is 9.59 Å². The number of aromatic nitrogens is 1. The number of Topliss-reactive ketones (excluding diaryl/α,β-unsaturated/α-hetero) is 1. The molecule has 24 heavy (non-hydrogen) atoms. The minimum Gasteiger partial charge on any atom is -0.486 e. The Bertz CT molecular complexity index is 777. The number of hydrogen-bond acceptors (Lipinski definition) is 7. The Morgan fingerprint density at radius 3 is 2.79 bits per heavy atom. The molecular formula is C17H15NO5S. The summed E-state index contributed by atoms with van der Waals surface area (Å²) in [7, 11) is 0. The van der Waals surface area contributed by atoms with Crippen molar-refractivity contribution in [3.63, 3.8) is 0 Å². The van der Waals surface area contributed by atoms with Gasteiger partial charge in [-0.15, -0.1) is 11.8 Å². The predicted octanol–water partition coefficient (Wildman–Crippen LogP) is 2.61. The molecule has 0 saturated carbocycles. The molecule has 0 fully saturated rings. The highest BCUT2D eigenvalue weighted by molar-refractivity contribution is 7.98. The van der Waals surface area contributed by atoms with E-state index in [4.69, 9.17) is 14.2 Å². The van der Waals surface area contributed by atoms with E-state index in [1.165, 1.54) is 11.8 Å². The van der Waals surface area contributed by atoms with Crippen molar-refractivity contribution in [2.75, 3.05) is 26.1 Å². The van der Waals surface area contributed by atoms with Gasteiger partial charge < -0.3 is 14.2 Å². The number of ether oxygens (including phenoxy) is 3. The molecule has 1 aromatic heterocycles. The van der Waals surface area contributed by atoms with E-state index in [1.807, 2.05) is 6.26 Å². The third-order valence-corrected chi connectivity index (χ3v) is 4.09. The fraction of sp³-hybridized carbons (Fsp3) is 0.235. The molecule has 0 bridgehead atoms. The van der Waals surface area contributed by atoms with Gasteiger partial charge in [-0.2, -0.15) is 0 Å². The van der Waals surface area contributed by atoms with Gasteiger partial charge >= 0.3 is 5.97 Å². The lowest BCUT2D eigenvalue weighted by molar-refractivity contribution is 0.0470. The van der Waals surface area contributed by atoms with Gasteiger partial charge in [0.25, 0.3) is 0 Å². The standard InChI is InChI=1S/C17H15NO5S/c1-24-16-12(3-2-6-18-16)17(20)23-10-13(19)11-4-5-14-15(9-11)22-8-7-21-14/h2-6,9H,7-8,10H2,1H3. The zero-order valence-electron chi connectivity index (χ0n) is 13.0. The van der Waals surface area contributed by atoms with Crippen molar-refractivity contribution in [2.45, 2.75) is 5.03 Å². The number of nitrogens with zero attached hydrogens (tertiary/aromatic N) is 1. The molecule has 6 nitrogen and oxygen atoms in total. The molecule has 2 heterocycles. The highest BCUT2D eigenvalue weighted by Crippen LogP contribution is 2.30. The van der Waals surface area contributed by atoms with Gasteiger partial charge in [0.05, 0.1) is 5.56 Å². The number of ketones is 1. The first kappa shape index (κ1) is 16.3. The van der Waals surface area contributed by atoms with Crippen molar-refractivity contribution in [2.24, 2.45) is 0 Å². The van der Waals surface area contributed by atoms with Crippen LogP contribution in [0.1, 0.15) is 20.7 Å². The summed E-state index contributed by atoms with van der Waals surface area (Å²) < 4.78 is 16.0. The maximum Gasteiger partial charge on any atom is 0.341 e. The SMILES string of the molecule is CSc1ncccc1C(=O)OCC(=O)c1ccc2c(c1)OCCO2. The molecule has 1 aromatic carbocycles. The summed E-state index contributed by atoms with van der Waals surface area (Å²) in [5.74, 6) is 0.249. The number of hydrogen-bond donors (Lipinski definition) is 0. The third kappa shape index (κ3) is 3.51. The highest BCUT2D eigenvalue weighted by atomic mass is 32.2.